The van der Waals surface area contributed by atoms with Gasteiger partial charge in [0.2, 0.25) is 0 Å². The van der Waals surface area contributed by atoms with Crippen LogP contribution in [0.4, 0.5) is 0 Å². The molecule has 0 heterocycles. The third-order valence-electron chi connectivity index (χ3n) is 4.29. The second-order valence-electron chi connectivity index (χ2n) is 6.27. The van der Waals surface area contributed by atoms with Gasteiger partial charge in [0.15, 0.2) is 0 Å². The van der Waals surface area contributed by atoms with Crippen LogP contribution in [0.25, 0.3) is 0 Å². The van der Waals surface area contributed by atoms with Gasteiger partial charge in [-0.25, -0.2) is 0 Å². The minimum atomic E-state index is 1.03. The first-order chi connectivity index (χ1) is 10.3. The zero-order valence-electron chi connectivity index (χ0n) is 15.0. The van der Waals surface area contributed by atoms with Crippen molar-refractivity contribution >= 4 is 13.6 Å². The van der Waals surface area contributed by atoms with E-state index in [-0.39, 0.29) is 0 Å². The topological polar surface area (TPSA) is 0 Å². The van der Waals surface area contributed by atoms with Crippen LogP contribution < -0.4 is 0 Å². The van der Waals surface area contributed by atoms with E-state index in [0.29, 0.717) is 0 Å². The van der Waals surface area contributed by atoms with Gasteiger partial charge in [-0.15, -0.1) is 0 Å². The van der Waals surface area contributed by atoms with Crippen LogP contribution in [0.15, 0.2) is 0 Å². The van der Waals surface area contributed by atoms with E-state index in [2.05, 4.69) is 34.4 Å². The number of rotatable bonds is 15. The zero-order chi connectivity index (χ0) is 16.2. The minimum absolute atomic E-state index is 1.03. The van der Waals surface area contributed by atoms with Crippen molar-refractivity contribution in [3.63, 3.8) is 0 Å². The van der Waals surface area contributed by atoms with E-state index in [4.69, 9.17) is 0 Å². The molecule has 0 rings (SSSR count). The summed E-state index contributed by atoms with van der Waals surface area (Å²) in [7, 11) is 0. The molecule has 0 amide bonds. The first-order valence-electron chi connectivity index (χ1n) is 9.41. The third kappa shape index (κ3) is 21.1. The Morgan fingerprint density at radius 2 is 1.05 bits per heavy atom. The van der Waals surface area contributed by atoms with E-state index in [1.54, 1.807) is 0 Å². The number of unbranched alkanes of at least 4 members (excludes halogenated alkanes) is 9. The molecule has 0 aliphatic rings. The SMILES string of the molecule is [CH2-]CCCCCC(CCCCC)CCCCCCC.[Zn+][Br]. The summed E-state index contributed by atoms with van der Waals surface area (Å²) in [5.74, 6) is 1.03. The van der Waals surface area contributed by atoms with Gasteiger partial charge in [0.25, 0.3) is 0 Å². The monoisotopic (exact) mass is 410 g/mol. The Morgan fingerprint density at radius 1 is 0.667 bits per heavy atom. The van der Waals surface area contributed by atoms with Gasteiger partial charge >= 0.3 is 30.0 Å². The van der Waals surface area contributed by atoms with Gasteiger partial charge < -0.3 is 6.92 Å². The van der Waals surface area contributed by atoms with E-state index in [0.717, 1.165) is 12.3 Å². The van der Waals surface area contributed by atoms with Gasteiger partial charge in [0.05, 0.1) is 0 Å². The van der Waals surface area contributed by atoms with Gasteiger partial charge in [-0.2, -0.15) is 6.42 Å². The third-order valence-corrected chi connectivity index (χ3v) is 4.29. The molecule has 0 bridgehead atoms. The molecule has 0 saturated heterocycles. The average Bonchev–Trinajstić information content (AvgIpc) is 2.52. The normalized spacial score (nSPS) is 11.9. The van der Waals surface area contributed by atoms with Crippen molar-refractivity contribution in [1.29, 1.82) is 0 Å². The average molecular weight is 413 g/mol. The molecule has 0 aliphatic heterocycles. The van der Waals surface area contributed by atoms with Crippen LogP contribution in [0.1, 0.15) is 110 Å². The molecule has 0 aromatic rings. The second kappa shape index (κ2) is 23.4. The Labute approximate surface area is 152 Å². The molecule has 0 saturated carbocycles. The zero-order valence-corrected chi connectivity index (χ0v) is 19.5. The Morgan fingerprint density at radius 3 is 1.52 bits per heavy atom. The Balaban J connectivity index is 0. The summed E-state index contributed by atoms with van der Waals surface area (Å²) in [6.45, 7) is 8.56. The van der Waals surface area contributed by atoms with Gasteiger partial charge in [0.1, 0.15) is 0 Å². The van der Waals surface area contributed by atoms with E-state index < -0.39 is 0 Å². The van der Waals surface area contributed by atoms with E-state index in [9.17, 15) is 0 Å². The predicted molar refractivity (Wildman–Crippen MR) is 98.4 cm³/mol. The van der Waals surface area contributed by atoms with E-state index in [1.165, 1.54) is 106 Å². The molecular weight excluding hydrogens is 374 g/mol. The second-order valence-corrected chi connectivity index (χ2v) is 6.27. The summed E-state index contributed by atoms with van der Waals surface area (Å²) in [6.07, 6.45) is 21.3. The molecule has 0 nitrogen and oxygen atoms in total. The first kappa shape index (κ1) is 24.4. The maximum absolute atomic E-state index is 3.94. The van der Waals surface area contributed by atoms with Crippen LogP contribution >= 0.6 is 13.6 Å². The van der Waals surface area contributed by atoms with Crippen molar-refractivity contribution in [2.45, 2.75) is 110 Å². The van der Waals surface area contributed by atoms with Gasteiger partial charge in [-0.3, -0.25) is 0 Å². The molecule has 0 aromatic heterocycles. The van der Waals surface area contributed by atoms with Gasteiger partial charge in [0, 0.05) is 0 Å². The molecule has 21 heavy (non-hydrogen) atoms. The number of halogens is 1. The van der Waals surface area contributed by atoms with Crippen molar-refractivity contribution in [3.05, 3.63) is 6.92 Å². The molecule has 0 radical (unpaired) electrons. The van der Waals surface area contributed by atoms with Gasteiger partial charge in [-0.05, 0) is 5.92 Å². The quantitative estimate of drug-likeness (QED) is 0.144. The molecule has 0 N–H and O–H groups in total. The fraction of sp³-hybridized carbons (Fsp3) is 0.947. The Kier molecular flexibility index (Phi) is 27.1. The van der Waals surface area contributed by atoms with Crippen LogP contribution in [0, 0.1) is 12.8 Å². The fourth-order valence-electron chi connectivity index (χ4n) is 2.94. The van der Waals surface area contributed by atoms with Crippen molar-refractivity contribution in [3.8, 4) is 0 Å². The van der Waals surface area contributed by atoms with E-state index >= 15 is 0 Å². The van der Waals surface area contributed by atoms with E-state index in [1.807, 2.05) is 0 Å². The number of hydrogen-bond acceptors (Lipinski definition) is 0. The summed E-state index contributed by atoms with van der Waals surface area (Å²) >= 11 is 4.25. The summed E-state index contributed by atoms with van der Waals surface area (Å²) in [6, 6.07) is 0. The molecule has 124 valence electrons. The summed E-state index contributed by atoms with van der Waals surface area (Å²) in [5.41, 5.74) is 0. The van der Waals surface area contributed by atoms with Crippen molar-refractivity contribution < 1.29 is 16.3 Å². The molecule has 1 unspecified atom stereocenters. The molecule has 0 fully saturated rings. The van der Waals surface area contributed by atoms with Crippen LogP contribution in [0.2, 0.25) is 0 Å². The summed E-state index contributed by atoms with van der Waals surface area (Å²) < 4.78 is 0. The Hall–Kier alpha value is 1.10. The van der Waals surface area contributed by atoms with Crippen LogP contribution in [-0.2, 0) is 16.3 Å². The molecule has 2 heteroatoms. The maximum atomic E-state index is 3.94. The van der Waals surface area contributed by atoms with Crippen LogP contribution in [0.5, 0.6) is 0 Å². The number of hydrogen-bond donors (Lipinski definition) is 0. The molecule has 1 atom stereocenters. The molecule has 0 aromatic carbocycles. The predicted octanol–water partition coefficient (Wildman–Crippen LogP) is 8.17. The molecular formula is C19H39BrZn. The standard InChI is InChI=1S/C19H39.BrH.Zn/c1-4-7-10-12-15-18-19(16-13-9-6-3)17-14-11-8-5-2;;/h19H,2,4-18H2,1,3H3;1H;/q-1;;+2/p-1. The van der Waals surface area contributed by atoms with Crippen LogP contribution in [0.3, 0.4) is 0 Å². The van der Waals surface area contributed by atoms with Crippen molar-refractivity contribution in [1.82, 2.24) is 0 Å². The van der Waals surface area contributed by atoms with Crippen molar-refractivity contribution in [2.75, 3.05) is 0 Å². The summed E-state index contributed by atoms with van der Waals surface area (Å²) in [5, 5.41) is 0. The van der Waals surface area contributed by atoms with Gasteiger partial charge in [-0.1, -0.05) is 104 Å². The molecule has 0 aliphatic carbocycles. The Bertz CT molecular complexity index is 162. The fourth-order valence-corrected chi connectivity index (χ4v) is 2.94. The first-order valence-corrected chi connectivity index (χ1v) is 16.4. The van der Waals surface area contributed by atoms with Crippen molar-refractivity contribution in [2.24, 2.45) is 5.92 Å². The summed E-state index contributed by atoms with van der Waals surface area (Å²) in [4.78, 5) is 0. The van der Waals surface area contributed by atoms with Crippen LogP contribution in [-0.4, -0.2) is 0 Å². The molecule has 0 spiro atoms.